The van der Waals surface area contributed by atoms with E-state index in [1.165, 1.54) is 109 Å². The van der Waals surface area contributed by atoms with E-state index in [1.807, 2.05) is 0 Å². The van der Waals surface area contributed by atoms with Crippen molar-refractivity contribution in [2.75, 3.05) is 0 Å². The van der Waals surface area contributed by atoms with Crippen molar-refractivity contribution >= 4 is 7.26 Å². The van der Waals surface area contributed by atoms with Crippen molar-refractivity contribution < 1.29 is 0 Å². The standard InChI is InChI=1S/C34H54P/c1-6-16-29(17-7-1)26-27-31(30-18-8-2-9-19-30)28-35(32-20-10-3-11-21-32,33-22-12-4-13-23-33)34-24-14-5-15-25-34/h16,18,26-28,32-34H,1-15,17,19-25H2/q+1/b27-26+,31-28-. The first-order valence-corrected chi connectivity index (χ1v) is 18.1. The Balaban J connectivity index is 1.60. The maximum Gasteiger partial charge on any atom is 0.0744 e. The maximum absolute atomic E-state index is 3.13. The van der Waals surface area contributed by atoms with Gasteiger partial charge in [0.15, 0.2) is 0 Å². The highest BCUT2D eigenvalue weighted by Crippen LogP contribution is 2.79. The fourth-order valence-electron chi connectivity index (χ4n) is 8.58. The Hall–Kier alpha value is -0.610. The second kappa shape index (κ2) is 13.3. The van der Waals surface area contributed by atoms with E-state index in [-0.39, 0.29) is 0 Å². The van der Waals surface area contributed by atoms with Crippen LogP contribution in [0.5, 0.6) is 0 Å². The van der Waals surface area contributed by atoms with Crippen LogP contribution in [0.4, 0.5) is 0 Å². The highest BCUT2D eigenvalue weighted by atomic mass is 31.2. The van der Waals surface area contributed by atoms with Crippen LogP contribution >= 0.6 is 7.26 Å². The zero-order chi connectivity index (χ0) is 23.8. The lowest BCUT2D eigenvalue weighted by atomic mass is 9.93. The van der Waals surface area contributed by atoms with Gasteiger partial charge in [0.1, 0.15) is 0 Å². The van der Waals surface area contributed by atoms with Gasteiger partial charge in [-0.1, -0.05) is 49.1 Å². The molecule has 0 saturated heterocycles. The molecule has 0 spiro atoms. The van der Waals surface area contributed by atoms with Gasteiger partial charge in [-0.25, -0.2) is 0 Å². The molecule has 5 rings (SSSR count). The van der Waals surface area contributed by atoms with E-state index < -0.39 is 7.26 Å². The average Bonchev–Trinajstić information content (AvgIpc) is 2.96. The van der Waals surface area contributed by atoms with Crippen LogP contribution in [0.1, 0.15) is 148 Å². The van der Waals surface area contributed by atoms with Crippen LogP contribution in [0.3, 0.4) is 0 Å². The molecule has 0 heterocycles. The minimum Gasteiger partial charge on any atom is -0.0813 e. The van der Waals surface area contributed by atoms with Gasteiger partial charge in [-0.15, -0.1) is 0 Å². The molecule has 3 fully saturated rings. The molecule has 0 amide bonds. The van der Waals surface area contributed by atoms with E-state index in [9.17, 15) is 0 Å². The third-order valence-electron chi connectivity index (χ3n) is 10.4. The van der Waals surface area contributed by atoms with E-state index in [1.54, 1.807) is 55.2 Å². The molecule has 35 heavy (non-hydrogen) atoms. The molecule has 0 bridgehead atoms. The zero-order valence-corrected chi connectivity index (χ0v) is 23.7. The van der Waals surface area contributed by atoms with Gasteiger partial charge in [0, 0.05) is 12.8 Å². The highest BCUT2D eigenvalue weighted by molar-refractivity contribution is 7.80. The van der Waals surface area contributed by atoms with Gasteiger partial charge >= 0.3 is 0 Å². The molecule has 0 atom stereocenters. The van der Waals surface area contributed by atoms with E-state index in [0.717, 1.165) is 17.0 Å². The first-order valence-electron chi connectivity index (χ1n) is 16.0. The van der Waals surface area contributed by atoms with Gasteiger partial charge in [-0.05, 0) is 134 Å². The Kier molecular flexibility index (Phi) is 9.86. The van der Waals surface area contributed by atoms with Crippen molar-refractivity contribution in [3.63, 3.8) is 0 Å². The summed E-state index contributed by atoms with van der Waals surface area (Å²) in [6.45, 7) is 0. The minimum atomic E-state index is -1.19. The molecule has 0 aromatic rings. The molecule has 5 aliphatic rings. The van der Waals surface area contributed by atoms with Crippen molar-refractivity contribution in [2.24, 2.45) is 0 Å². The van der Waals surface area contributed by atoms with Gasteiger partial charge in [-0.2, -0.15) is 0 Å². The molecule has 0 nitrogen and oxygen atoms in total. The monoisotopic (exact) mass is 493 g/mol. The van der Waals surface area contributed by atoms with Crippen molar-refractivity contribution in [1.82, 2.24) is 0 Å². The lowest BCUT2D eigenvalue weighted by Gasteiger charge is -2.47. The Labute approximate surface area is 218 Å². The SMILES string of the molecule is C1=C(/C=C/C(=C/[P+](C2CCCCC2)(C2CCCCC2)C2CCCCC2)C2=CCCCC2)CCCC1. The van der Waals surface area contributed by atoms with E-state index in [2.05, 4.69) is 30.1 Å². The second-order valence-corrected chi connectivity index (χ2v) is 16.9. The third-order valence-corrected chi connectivity index (χ3v) is 16.5. The van der Waals surface area contributed by atoms with Gasteiger partial charge in [0.05, 0.1) is 22.8 Å². The molecule has 0 unspecified atom stereocenters. The molecule has 5 aliphatic carbocycles. The second-order valence-electron chi connectivity index (χ2n) is 12.7. The van der Waals surface area contributed by atoms with Gasteiger partial charge in [0.2, 0.25) is 0 Å². The topological polar surface area (TPSA) is 0 Å². The van der Waals surface area contributed by atoms with Crippen LogP contribution in [0.15, 0.2) is 46.8 Å². The molecule has 1 heteroatoms. The summed E-state index contributed by atoms with van der Waals surface area (Å²) >= 11 is 0. The van der Waals surface area contributed by atoms with Crippen LogP contribution in [0, 0.1) is 0 Å². The van der Waals surface area contributed by atoms with Crippen LogP contribution in [0.2, 0.25) is 0 Å². The normalized spacial score (nSPS) is 27.1. The number of rotatable bonds is 7. The molecule has 0 aromatic heterocycles. The molecule has 0 radical (unpaired) electrons. The Morgan fingerprint density at radius 2 is 1.09 bits per heavy atom. The van der Waals surface area contributed by atoms with Crippen molar-refractivity contribution in [1.29, 1.82) is 0 Å². The minimum absolute atomic E-state index is 1.05. The zero-order valence-electron chi connectivity index (χ0n) is 22.8. The molecule has 0 aliphatic heterocycles. The largest absolute Gasteiger partial charge is 0.0813 e. The first-order chi connectivity index (χ1) is 17.4. The summed E-state index contributed by atoms with van der Waals surface area (Å²) in [7, 11) is -1.19. The van der Waals surface area contributed by atoms with E-state index in [4.69, 9.17) is 0 Å². The van der Waals surface area contributed by atoms with Crippen molar-refractivity contribution in [2.45, 2.75) is 165 Å². The first kappa shape index (κ1) is 26.0. The van der Waals surface area contributed by atoms with E-state index in [0.29, 0.717) is 0 Å². The summed E-state index contributed by atoms with van der Waals surface area (Å²) < 4.78 is 0. The highest BCUT2D eigenvalue weighted by Gasteiger charge is 2.56. The smallest absolute Gasteiger partial charge is 0.0744 e. The molecule has 194 valence electrons. The molecule has 0 N–H and O–H groups in total. The van der Waals surface area contributed by atoms with Gasteiger partial charge in [0.25, 0.3) is 0 Å². The fourth-order valence-corrected chi connectivity index (χ4v) is 15.5. The van der Waals surface area contributed by atoms with Crippen LogP contribution in [-0.2, 0) is 0 Å². The Morgan fingerprint density at radius 1 is 0.571 bits per heavy atom. The molecule has 3 saturated carbocycles. The summed E-state index contributed by atoms with van der Waals surface area (Å²) in [4.78, 5) is 0. The van der Waals surface area contributed by atoms with Crippen LogP contribution in [0.25, 0.3) is 0 Å². The average molecular weight is 494 g/mol. The lowest BCUT2D eigenvalue weighted by molar-refractivity contribution is 0.454. The molecular formula is C34H54P+. The number of hydrogen-bond donors (Lipinski definition) is 0. The van der Waals surface area contributed by atoms with Gasteiger partial charge < -0.3 is 0 Å². The summed E-state index contributed by atoms with van der Waals surface area (Å²) in [5.41, 5.74) is 8.20. The van der Waals surface area contributed by atoms with Crippen molar-refractivity contribution in [3.8, 4) is 0 Å². The van der Waals surface area contributed by atoms with Crippen molar-refractivity contribution in [3.05, 3.63) is 46.8 Å². The maximum atomic E-state index is 3.13. The summed E-state index contributed by atoms with van der Waals surface area (Å²) in [6.07, 6.45) is 44.2. The summed E-state index contributed by atoms with van der Waals surface area (Å²) in [5, 5.41) is 0. The Morgan fingerprint density at radius 3 is 1.54 bits per heavy atom. The number of hydrogen-bond acceptors (Lipinski definition) is 0. The fraction of sp³-hybridized carbons (Fsp3) is 0.765. The summed E-state index contributed by atoms with van der Waals surface area (Å²) in [6, 6.07) is 0. The predicted molar refractivity (Wildman–Crippen MR) is 158 cm³/mol. The lowest BCUT2D eigenvalue weighted by Crippen LogP contribution is -2.35. The third kappa shape index (κ3) is 6.46. The molecule has 0 aromatic carbocycles. The molecular weight excluding hydrogens is 439 g/mol. The van der Waals surface area contributed by atoms with Crippen LogP contribution in [-0.4, -0.2) is 17.0 Å². The Bertz CT molecular complexity index is 732. The van der Waals surface area contributed by atoms with E-state index >= 15 is 0 Å². The number of allylic oxidation sites excluding steroid dienone is 7. The van der Waals surface area contributed by atoms with Crippen LogP contribution < -0.4 is 0 Å². The van der Waals surface area contributed by atoms with Gasteiger partial charge in [-0.3, -0.25) is 0 Å². The summed E-state index contributed by atoms with van der Waals surface area (Å²) in [5.74, 6) is 3.13. The predicted octanol–water partition coefficient (Wildman–Crippen LogP) is 11.4. The quantitative estimate of drug-likeness (QED) is 0.244.